The Balaban J connectivity index is 3.59. The third-order valence-electron chi connectivity index (χ3n) is 1.51. The van der Waals surface area contributed by atoms with Gasteiger partial charge in [0, 0.05) is 6.61 Å². The minimum Gasteiger partial charge on any atom is -0.352 e. The van der Waals surface area contributed by atoms with E-state index in [9.17, 15) is 4.79 Å². The highest BCUT2D eigenvalue weighted by molar-refractivity contribution is 5.49. The lowest BCUT2D eigenvalue weighted by molar-refractivity contribution is -0.166. The predicted molar refractivity (Wildman–Crippen MR) is 51.6 cm³/mol. The molecule has 0 aliphatic heterocycles. The zero-order valence-electron chi connectivity index (χ0n) is 8.79. The second kappa shape index (κ2) is 8.20. The van der Waals surface area contributed by atoms with Crippen LogP contribution in [-0.2, 0) is 14.3 Å². The predicted octanol–water partition coefficient (Wildman–Crippen LogP) is 2.14. The van der Waals surface area contributed by atoms with Gasteiger partial charge in [0.1, 0.15) is 6.29 Å². The third-order valence-corrected chi connectivity index (χ3v) is 1.51. The number of unbranched alkanes of at least 4 members (excludes halogenated alkanes) is 1. The largest absolute Gasteiger partial charge is 0.352 e. The zero-order chi connectivity index (χ0) is 10.1. The molecule has 0 aromatic heterocycles. The van der Waals surface area contributed by atoms with Crippen LogP contribution in [0.4, 0.5) is 0 Å². The lowest BCUT2D eigenvalue weighted by atomic mass is 10.3. The molecular weight excluding hydrogens is 168 g/mol. The fraction of sp³-hybridized carbons (Fsp3) is 0.900. The summed E-state index contributed by atoms with van der Waals surface area (Å²) in [5.41, 5.74) is 0. The monoisotopic (exact) mass is 188 g/mol. The van der Waals surface area contributed by atoms with Crippen LogP contribution in [0.15, 0.2) is 0 Å². The fourth-order valence-electron chi connectivity index (χ4n) is 0.904. The minimum atomic E-state index is -0.357. The molecule has 0 spiro atoms. The van der Waals surface area contributed by atoms with Crippen molar-refractivity contribution in [1.82, 2.24) is 0 Å². The van der Waals surface area contributed by atoms with E-state index in [2.05, 4.69) is 6.92 Å². The van der Waals surface area contributed by atoms with Crippen LogP contribution < -0.4 is 0 Å². The summed E-state index contributed by atoms with van der Waals surface area (Å²) in [7, 11) is 0. The molecule has 0 heterocycles. The molecule has 0 rings (SSSR count). The standard InChI is InChI=1S/C10H20O3/c1-4-5-8-12-10(6-7-11)13-9(2)3/h7,9-10H,4-6,8H2,1-3H3. The maximum atomic E-state index is 10.3. The molecule has 0 aliphatic carbocycles. The molecule has 0 radical (unpaired) electrons. The SMILES string of the molecule is CCCCOC(CC=O)OC(C)C. The van der Waals surface area contributed by atoms with Gasteiger partial charge in [0.2, 0.25) is 0 Å². The second-order valence-corrected chi connectivity index (χ2v) is 3.24. The Kier molecular flexibility index (Phi) is 7.94. The zero-order valence-corrected chi connectivity index (χ0v) is 8.79. The van der Waals surface area contributed by atoms with E-state index in [1.165, 1.54) is 0 Å². The Labute approximate surface area is 80.4 Å². The van der Waals surface area contributed by atoms with E-state index in [4.69, 9.17) is 9.47 Å². The van der Waals surface area contributed by atoms with E-state index in [1.54, 1.807) is 0 Å². The third kappa shape index (κ3) is 7.94. The number of rotatable bonds is 8. The Bertz CT molecular complexity index is 123. The van der Waals surface area contributed by atoms with Gasteiger partial charge in [-0.2, -0.15) is 0 Å². The molecule has 3 nitrogen and oxygen atoms in total. The van der Waals surface area contributed by atoms with Crippen molar-refractivity contribution in [2.24, 2.45) is 0 Å². The van der Waals surface area contributed by atoms with Gasteiger partial charge in [0.05, 0.1) is 12.5 Å². The van der Waals surface area contributed by atoms with E-state index < -0.39 is 0 Å². The summed E-state index contributed by atoms with van der Waals surface area (Å²) >= 11 is 0. The number of carbonyl (C=O) groups excluding carboxylic acids is 1. The van der Waals surface area contributed by atoms with E-state index >= 15 is 0 Å². The summed E-state index contributed by atoms with van der Waals surface area (Å²) in [6.07, 6.45) is 3.00. The molecule has 0 aliphatic rings. The van der Waals surface area contributed by atoms with Crippen molar-refractivity contribution in [3.05, 3.63) is 0 Å². The van der Waals surface area contributed by atoms with Gasteiger partial charge in [0.15, 0.2) is 6.29 Å². The van der Waals surface area contributed by atoms with Crippen LogP contribution in [0.3, 0.4) is 0 Å². The van der Waals surface area contributed by atoms with Crippen molar-refractivity contribution < 1.29 is 14.3 Å². The molecule has 0 saturated heterocycles. The fourth-order valence-corrected chi connectivity index (χ4v) is 0.904. The van der Waals surface area contributed by atoms with Gasteiger partial charge in [-0.15, -0.1) is 0 Å². The molecule has 78 valence electrons. The molecular formula is C10H20O3. The number of aldehydes is 1. The highest BCUT2D eigenvalue weighted by Gasteiger charge is 2.09. The van der Waals surface area contributed by atoms with Gasteiger partial charge in [-0.1, -0.05) is 13.3 Å². The molecule has 1 atom stereocenters. The molecule has 0 aromatic carbocycles. The van der Waals surface area contributed by atoms with Crippen molar-refractivity contribution in [3.63, 3.8) is 0 Å². The molecule has 0 N–H and O–H groups in total. The molecule has 0 amide bonds. The number of hydrogen-bond acceptors (Lipinski definition) is 3. The first kappa shape index (κ1) is 12.6. The van der Waals surface area contributed by atoms with Crippen LogP contribution in [0.5, 0.6) is 0 Å². The van der Waals surface area contributed by atoms with Gasteiger partial charge < -0.3 is 14.3 Å². The van der Waals surface area contributed by atoms with Crippen LogP contribution >= 0.6 is 0 Å². The van der Waals surface area contributed by atoms with Gasteiger partial charge in [-0.05, 0) is 20.3 Å². The first-order valence-corrected chi connectivity index (χ1v) is 4.91. The highest BCUT2D eigenvalue weighted by atomic mass is 16.7. The van der Waals surface area contributed by atoms with Gasteiger partial charge >= 0.3 is 0 Å². The van der Waals surface area contributed by atoms with Gasteiger partial charge in [-0.3, -0.25) is 0 Å². The van der Waals surface area contributed by atoms with E-state index in [0.29, 0.717) is 13.0 Å². The van der Waals surface area contributed by atoms with E-state index in [1.807, 2.05) is 13.8 Å². The lowest BCUT2D eigenvalue weighted by Crippen LogP contribution is -2.22. The average Bonchev–Trinajstić information content (AvgIpc) is 2.04. The van der Waals surface area contributed by atoms with Crippen LogP contribution in [0.2, 0.25) is 0 Å². The van der Waals surface area contributed by atoms with Crippen molar-refractivity contribution >= 4 is 6.29 Å². The number of ether oxygens (including phenoxy) is 2. The van der Waals surface area contributed by atoms with Crippen LogP contribution in [-0.4, -0.2) is 25.3 Å². The maximum Gasteiger partial charge on any atom is 0.164 e. The highest BCUT2D eigenvalue weighted by Crippen LogP contribution is 2.04. The second-order valence-electron chi connectivity index (χ2n) is 3.24. The smallest absolute Gasteiger partial charge is 0.164 e. The topological polar surface area (TPSA) is 35.5 Å². The molecule has 0 fully saturated rings. The first-order chi connectivity index (χ1) is 6.20. The molecule has 0 bridgehead atoms. The Morgan fingerprint density at radius 2 is 2.08 bits per heavy atom. The van der Waals surface area contributed by atoms with Crippen LogP contribution in [0.25, 0.3) is 0 Å². The van der Waals surface area contributed by atoms with Gasteiger partial charge in [-0.25, -0.2) is 0 Å². The molecule has 0 saturated carbocycles. The van der Waals surface area contributed by atoms with E-state index in [0.717, 1.165) is 19.1 Å². The first-order valence-electron chi connectivity index (χ1n) is 4.91. The summed E-state index contributed by atoms with van der Waals surface area (Å²) < 4.78 is 10.8. The Hall–Kier alpha value is -0.410. The quantitative estimate of drug-likeness (QED) is 0.332. The lowest BCUT2D eigenvalue weighted by Gasteiger charge is -2.18. The molecule has 0 aromatic rings. The normalized spacial score (nSPS) is 13.2. The molecule has 13 heavy (non-hydrogen) atoms. The summed E-state index contributed by atoms with van der Waals surface area (Å²) in [5, 5.41) is 0. The van der Waals surface area contributed by atoms with Crippen molar-refractivity contribution in [2.45, 2.75) is 52.4 Å². The van der Waals surface area contributed by atoms with Crippen molar-refractivity contribution in [3.8, 4) is 0 Å². The van der Waals surface area contributed by atoms with Crippen LogP contribution in [0, 0.1) is 0 Å². The van der Waals surface area contributed by atoms with Crippen molar-refractivity contribution in [1.29, 1.82) is 0 Å². The Morgan fingerprint density at radius 1 is 1.38 bits per heavy atom. The number of carbonyl (C=O) groups is 1. The summed E-state index contributed by atoms with van der Waals surface area (Å²) in [6, 6.07) is 0. The summed E-state index contributed by atoms with van der Waals surface area (Å²) in [5.74, 6) is 0. The number of hydrogen-bond donors (Lipinski definition) is 0. The molecule has 3 heteroatoms. The summed E-state index contributed by atoms with van der Waals surface area (Å²) in [6.45, 7) is 6.63. The minimum absolute atomic E-state index is 0.103. The Morgan fingerprint density at radius 3 is 2.54 bits per heavy atom. The summed E-state index contributed by atoms with van der Waals surface area (Å²) in [4.78, 5) is 10.3. The molecule has 1 unspecified atom stereocenters. The van der Waals surface area contributed by atoms with Gasteiger partial charge in [0.25, 0.3) is 0 Å². The maximum absolute atomic E-state index is 10.3. The van der Waals surface area contributed by atoms with E-state index in [-0.39, 0.29) is 12.4 Å². The average molecular weight is 188 g/mol. The van der Waals surface area contributed by atoms with Crippen molar-refractivity contribution in [2.75, 3.05) is 6.61 Å². The van der Waals surface area contributed by atoms with Crippen LogP contribution in [0.1, 0.15) is 40.0 Å².